The van der Waals surface area contributed by atoms with Crippen LogP contribution in [-0.2, 0) is 4.79 Å². The summed E-state index contributed by atoms with van der Waals surface area (Å²) in [6.07, 6.45) is 0.929. The molecule has 19 heavy (non-hydrogen) atoms. The number of carbonyl (C=O) groups is 1. The lowest BCUT2D eigenvalue weighted by atomic mass is 10.1. The van der Waals surface area contributed by atoms with Crippen LogP contribution in [0, 0.1) is 0 Å². The number of fused-ring (bicyclic) bond motifs is 1. The maximum Gasteiger partial charge on any atom is 0.264 e. The van der Waals surface area contributed by atoms with Crippen molar-refractivity contribution in [1.82, 2.24) is 0 Å². The summed E-state index contributed by atoms with van der Waals surface area (Å²) in [5, 5.41) is 0. The van der Waals surface area contributed by atoms with Gasteiger partial charge < -0.3 is 20.3 Å². The molecule has 5 heteroatoms. The molecule has 1 unspecified atom stereocenters. The van der Waals surface area contributed by atoms with Crippen LogP contribution in [0.5, 0.6) is 5.75 Å². The summed E-state index contributed by atoms with van der Waals surface area (Å²) < 4.78 is 5.42. The lowest BCUT2D eigenvalue weighted by molar-refractivity contribution is -0.120. The quantitative estimate of drug-likeness (QED) is 0.887. The molecule has 1 atom stereocenters. The highest BCUT2D eigenvalue weighted by Crippen LogP contribution is 2.35. The second-order valence-electron chi connectivity index (χ2n) is 4.93. The van der Waals surface area contributed by atoms with Crippen LogP contribution in [0.3, 0.4) is 0 Å². The third-order valence-corrected chi connectivity index (χ3v) is 3.68. The van der Waals surface area contributed by atoms with Gasteiger partial charge in [-0.25, -0.2) is 0 Å². The first-order chi connectivity index (χ1) is 9.04. The fourth-order valence-corrected chi connectivity index (χ4v) is 2.17. The maximum absolute atomic E-state index is 11.6. The number of carbonyl (C=O) groups excluding carboxylic acids is 1. The average Bonchev–Trinajstić information content (AvgIpc) is 2.42. The first-order valence-corrected chi connectivity index (χ1v) is 6.51. The zero-order valence-corrected chi connectivity index (χ0v) is 11.7. The zero-order chi connectivity index (χ0) is 14.0. The second-order valence-corrected chi connectivity index (χ2v) is 4.93. The number of nitrogens with zero attached hydrogens (tertiary/aromatic N) is 2. The molecule has 2 rings (SSSR count). The minimum atomic E-state index is -0.0256. The molecule has 1 heterocycles. The normalized spacial score (nSPS) is 15.8. The molecule has 1 amide bonds. The standard InChI is InChI=1S/C14H21N3O2/c1-10(6-7-15)16(2)11-4-5-13-12(8-11)17(3)14(18)9-19-13/h4-5,8,10H,6-7,9,15H2,1-3H3. The second kappa shape index (κ2) is 5.48. The maximum atomic E-state index is 11.6. The van der Waals surface area contributed by atoms with E-state index in [0.717, 1.165) is 23.5 Å². The van der Waals surface area contributed by atoms with Crippen molar-refractivity contribution in [3.8, 4) is 5.75 Å². The number of benzene rings is 1. The van der Waals surface area contributed by atoms with Crippen molar-refractivity contribution in [3.63, 3.8) is 0 Å². The van der Waals surface area contributed by atoms with Gasteiger partial charge in [-0.3, -0.25) is 4.79 Å². The van der Waals surface area contributed by atoms with Gasteiger partial charge in [0.25, 0.3) is 5.91 Å². The molecule has 0 spiro atoms. The highest BCUT2D eigenvalue weighted by molar-refractivity contribution is 5.97. The van der Waals surface area contributed by atoms with Crippen LogP contribution >= 0.6 is 0 Å². The van der Waals surface area contributed by atoms with Crippen molar-refractivity contribution >= 4 is 17.3 Å². The predicted octanol–water partition coefficient (Wildman–Crippen LogP) is 1.22. The van der Waals surface area contributed by atoms with Gasteiger partial charge >= 0.3 is 0 Å². The lowest BCUT2D eigenvalue weighted by Crippen LogP contribution is -2.36. The van der Waals surface area contributed by atoms with E-state index in [0.29, 0.717) is 12.6 Å². The topological polar surface area (TPSA) is 58.8 Å². The zero-order valence-electron chi connectivity index (χ0n) is 11.7. The monoisotopic (exact) mass is 263 g/mol. The molecule has 1 aromatic rings. The summed E-state index contributed by atoms with van der Waals surface area (Å²) in [6, 6.07) is 6.27. The number of nitrogens with two attached hydrogens (primary N) is 1. The molecule has 0 aliphatic carbocycles. The minimum absolute atomic E-state index is 0.0256. The Bertz CT molecular complexity index is 476. The van der Waals surface area contributed by atoms with Crippen LogP contribution in [0.1, 0.15) is 13.3 Å². The molecule has 0 radical (unpaired) electrons. The Morgan fingerprint density at radius 2 is 2.26 bits per heavy atom. The Hall–Kier alpha value is -1.75. The molecular weight excluding hydrogens is 242 g/mol. The van der Waals surface area contributed by atoms with Crippen LogP contribution in [0.4, 0.5) is 11.4 Å². The number of anilines is 2. The van der Waals surface area contributed by atoms with Crippen LogP contribution in [0.25, 0.3) is 0 Å². The highest BCUT2D eigenvalue weighted by Gasteiger charge is 2.23. The van der Waals surface area contributed by atoms with Gasteiger partial charge in [0.05, 0.1) is 5.69 Å². The van der Waals surface area contributed by atoms with Crippen molar-refractivity contribution in [2.24, 2.45) is 5.73 Å². The molecule has 104 valence electrons. The van der Waals surface area contributed by atoms with Gasteiger partial charge in [-0.1, -0.05) is 0 Å². The number of rotatable bonds is 4. The molecule has 5 nitrogen and oxygen atoms in total. The van der Waals surface area contributed by atoms with E-state index in [1.165, 1.54) is 0 Å². The first kappa shape index (κ1) is 13.7. The minimum Gasteiger partial charge on any atom is -0.482 e. The van der Waals surface area contributed by atoms with Gasteiger partial charge in [-0.2, -0.15) is 0 Å². The Morgan fingerprint density at radius 3 is 2.95 bits per heavy atom. The van der Waals surface area contributed by atoms with Crippen LogP contribution < -0.4 is 20.3 Å². The smallest absolute Gasteiger partial charge is 0.264 e. The molecule has 0 fully saturated rings. The summed E-state index contributed by atoms with van der Waals surface area (Å²) in [6.45, 7) is 2.91. The van der Waals surface area contributed by atoms with E-state index in [1.54, 1.807) is 11.9 Å². The summed E-state index contributed by atoms with van der Waals surface area (Å²) in [5.41, 5.74) is 7.48. The Kier molecular flexibility index (Phi) is 3.95. The molecule has 1 aromatic carbocycles. The Balaban J connectivity index is 2.27. The van der Waals surface area contributed by atoms with Crippen LogP contribution in [0.2, 0.25) is 0 Å². The number of hydrogen-bond acceptors (Lipinski definition) is 4. The molecule has 0 saturated carbocycles. The van der Waals surface area contributed by atoms with Crippen LogP contribution in [0.15, 0.2) is 18.2 Å². The summed E-state index contributed by atoms with van der Waals surface area (Å²) in [5.74, 6) is 0.730. The van der Waals surface area contributed by atoms with E-state index < -0.39 is 0 Å². The summed E-state index contributed by atoms with van der Waals surface area (Å²) in [7, 11) is 3.81. The third-order valence-electron chi connectivity index (χ3n) is 3.68. The van der Waals surface area contributed by atoms with E-state index in [1.807, 2.05) is 25.2 Å². The van der Waals surface area contributed by atoms with Crippen LogP contribution in [-0.4, -0.2) is 39.2 Å². The number of amides is 1. The van der Waals surface area contributed by atoms with E-state index in [9.17, 15) is 4.79 Å². The molecule has 2 N–H and O–H groups in total. The highest BCUT2D eigenvalue weighted by atomic mass is 16.5. The molecule has 1 aliphatic rings. The van der Waals surface area contributed by atoms with Crippen molar-refractivity contribution in [3.05, 3.63) is 18.2 Å². The van der Waals surface area contributed by atoms with Gasteiger partial charge in [0.2, 0.25) is 0 Å². The van der Waals surface area contributed by atoms with Gasteiger partial charge in [0.1, 0.15) is 5.75 Å². The van der Waals surface area contributed by atoms with Gasteiger partial charge in [0.15, 0.2) is 6.61 Å². The van der Waals surface area contributed by atoms with E-state index >= 15 is 0 Å². The Labute approximate surface area is 113 Å². The third kappa shape index (κ3) is 2.66. The number of likely N-dealkylation sites (N-methyl/N-ethyl adjacent to an activating group) is 1. The van der Waals surface area contributed by atoms with E-state index in [4.69, 9.17) is 10.5 Å². The van der Waals surface area contributed by atoms with E-state index in [2.05, 4.69) is 11.8 Å². The molecular formula is C14H21N3O2. The molecule has 0 saturated heterocycles. The molecule has 0 aromatic heterocycles. The number of hydrogen-bond donors (Lipinski definition) is 1. The SMILES string of the molecule is CC(CCN)N(C)c1ccc2c(c1)N(C)C(=O)CO2. The van der Waals surface area contributed by atoms with Crippen molar-refractivity contribution in [1.29, 1.82) is 0 Å². The first-order valence-electron chi connectivity index (χ1n) is 6.51. The lowest BCUT2D eigenvalue weighted by Gasteiger charge is -2.30. The van der Waals surface area contributed by atoms with Crippen molar-refractivity contribution in [2.75, 3.05) is 37.0 Å². The predicted molar refractivity (Wildman–Crippen MR) is 76.9 cm³/mol. The number of ether oxygens (including phenoxy) is 1. The molecule has 0 bridgehead atoms. The van der Waals surface area contributed by atoms with Gasteiger partial charge in [0, 0.05) is 25.8 Å². The largest absolute Gasteiger partial charge is 0.482 e. The Morgan fingerprint density at radius 1 is 1.53 bits per heavy atom. The van der Waals surface area contributed by atoms with Crippen molar-refractivity contribution in [2.45, 2.75) is 19.4 Å². The summed E-state index contributed by atoms with van der Waals surface area (Å²) in [4.78, 5) is 15.5. The van der Waals surface area contributed by atoms with Gasteiger partial charge in [-0.05, 0) is 38.1 Å². The fraction of sp³-hybridized carbons (Fsp3) is 0.500. The molecule has 1 aliphatic heterocycles. The average molecular weight is 263 g/mol. The van der Waals surface area contributed by atoms with Gasteiger partial charge in [-0.15, -0.1) is 0 Å². The van der Waals surface area contributed by atoms with Crippen molar-refractivity contribution < 1.29 is 9.53 Å². The summed E-state index contributed by atoms with van der Waals surface area (Å²) >= 11 is 0. The fourth-order valence-electron chi connectivity index (χ4n) is 2.17. The van der Waals surface area contributed by atoms with E-state index in [-0.39, 0.29) is 12.5 Å².